The van der Waals surface area contributed by atoms with Gasteiger partial charge in [0.25, 0.3) is 5.91 Å². The lowest BCUT2D eigenvalue weighted by Crippen LogP contribution is -2.19. The zero-order chi connectivity index (χ0) is 32.7. The molecule has 0 bridgehead atoms. The van der Waals surface area contributed by atoms with Crippen LogP contribution in [0.4, 0.5) is 5.69 Å². The number of fused-ring (bicyclic) bond motifs is 3. The van der Waals surface area contributed by atoms with E-state index in [2.05, 4.69) is 16.4 Å². The predicted molar refractivity (Wildman–Crippen MR) is 184 cm³/mol. The number of hydrogen-bond acceptors (Lipinski definition) is 8. The highest BCUT2D eigenvalue weighted by molar-refractivity contribution is 7.15. The summed E-state index contributed by atoms with van der Waals surface area (Å²) >= 11 is 1.49. The Kier molecular flexibility index (Phi) is 7.95. The van der Waals surface area contributed by atoms with Gasteiger partial charge in [-0.2, -0.15) is 0 Å². The first-order chi connectivity index (χ1) is 22.9. The first kappa shape index (κ1) is 30.2. The number of benzene rings is 3. The third-order valence-corrected chi connectivity index (χ3v) is 9.24. The number of aromatic nitrogens is 3. The molecule has 0 unspecified atom stereocenters. The van der Waals surface area contributed by atoms with Crippen LogP contribution >= 0.6 is 11.3 Å². The average molecular weight is 645 g/mol. The molecule has 9 nitrogen and oxygen atoms in total. The molecule has 3 aromatic heterocycles. The average Bonchev–Trinajstić information content (AvgIpc) is 3.67. The first-order valence-corrected chi connectivity index (χ1v) is 16.1. The Morgan fingerprint density at radius 3 is 2.40 bits per heavy atom. The second-order valence-corrected chi connectivity index (χ2v) is 12.1. The summed E-state index contributed by atoms with van der Waals surface area (Å²) in [6.07, 6.45) is 6.32. The molecular formula is C37H32N4O5S. The Bertz CT molecular complexity index is 2190. The maximum absolute atomic E-state index is 14.1. The summed E-state index contributed by atoms with van der Waals surface area (Å²) in [6.45, 7) is 1.84. The zero-order valence-corrected chi connectivity index (χ0v) is 27.2. The van der Waals surface area contributed by atoms with Crippen molar-refractivity contribution >= 4 is 56.2 Å². The maximum Gasteiger partial charge on any atom is 0.256 e. The number of thiazole rings is 1. The quantitative estimate of drug-likeness (QED) is 0.170. The van der Waals surface area contributed by atoms with E-state index in [1.165, 1.54) is 11.3 Å². The van der Waals surface area contributed by atoms with E-state index in [1.54, 1.807) is 45.6 Å². The van der Waals surface area contributed by atoms with Crippen LogP contribution in [0.2, 0.25) is 0 Å². The third kappa shape index (κ3) is 5.40. The van der Waals surface area contributed by atoms with Gasteiger partial charge >= 0.3 is 0 Å². The summed E-state index contributed by atoms with van der Waals surface area (Å²) in [6, 6.07) is 18.5. The number of ether oxygens (including phenoxy) is 3. The second kappa shape index (κ2) is 12.4. The van der Waals surface area contributed by atoms with Gasteiger partial charge in [-0.25, -0.2) is 9.97 Å². The van der Waals surface area contributed by atoms with Gasteiger partial charge in [-0.1, -0.05) is 18.2 Å². The number of methoxy groups -OCH3 is 3. The molecular weight excluding hydrogens is 612 g/mol. The molecule has 6 aromatic rings. The smallest absolute Gasteiger partial charge is 0.256 e. The van der Waals surface area contributed by atoms with Gasteiger partial charge in [0.15, 0.2) is 16.5 Å². The number of aryl methyl sites for hydroxylation is 1. The number of rotatable bonds is 8. The standard InChI is InChI=1S/C37H32N4O5S/c1-21-33(41-16-17-47-37(41)38-21)34(42)23-12-14-25(15-13-23)39-36(43)31-26-9-5-6-11-28(26)40-32-24(8-7-10-27(31)32)18-22-19-29(44-2)35(46-4)30(20-22)45-3/h5-6,9,11-20H,7-8,10H2,1-4H3,(H,39,43)/b24-18-. The summed E-state index contributed by atoms with van der Waals surface area (Å²) in [7, 11) is 4.77. The molecule has 1 N–H and O–H groups in total. The topological polar surface area (TPSA) is 104 Å². The van der Waals surface area contributed by atoms with Crippen molar-refractivity contribution in [2.45, 2.75) is 26.2 Å². The molecule has 236 valence electrons. The number of para-hydroxylation sites is 1. The number of nitrogens with zero attached hydrogens (tertiary/aromatic N) is 3. The molecule has 47 heavy (non-hydrogen) atoms. The van der Waals surface area contributed by atoms with E-state index in [0.29, 0.717) is 45.5 Å². The molecule has 1 aliphatic rings. The highest BCUT2D eigenvalue weighted by Crippen LogP contribution is 2.41. The number of amides is 1. The van der Waals surface area contributed by atoms with Gasteiger partial charge in [-0.15, -0.1) is 11.3 Å². The van der Waals surface area contributed by atoms with Crippen molar-refractivity contribution in [2.75, 3.05) is 26.6 Å². The van der Waals surface area contributed by atoms with Crippen LogP contribution in [0.5, 0.6) is 17.2 Å². The molecule has 1 amide bonds. The van der Waals surface area contributed by atoms with E-state index in [-0.39, 0.29) is 11.7 Å². The second-order valence-electron chi connectivity index (χ2n) is 11.3. The van der Waals surface area contributed by atoms with Crippen LogP contribution in [-0.2, 0) is 6.42 Å². The summed E-state index contributed by atoms with van der Waals surface area (Å²) in [4.78, 5) is 37.8. The lowest BCUT2D eigenvalue weighted by atomic mass is 9.85. The number of ketones is 1. The highest BCUT2D eigenvalue weighted by atomic mass is 32.1. The summed E-state index contributed by atoms with van der Waals surface area (Å²) in [5, 5.41) is 5.79. The number of imidazole rings is 1. The number of anilines is 1. The third-order valence-electron chi connectivity index (χ3n) is 8.48. The molecule has 0 saturated heterocycles. The number of nitrogens with one attached hydrogen (secondary N) is 1. The Labute approximate surface area is 275 Å². The lowest BCUT2D eigenvalue weighted by molar-refractivity contribution is 0.102. The van der Waals surface area contributed by atoms with Gasteiger partial charge in [0.05, 0.1) is 43.8 Å². The molecule has 1 aliphatic carbocycles. The fourth-order valence-electron chi connectivity index (χ4n) is 6.32. The van der Waals surface area contributed by atoms with Crippen LogP contribution < -0.4 is 19.5 Å². The first-order valence-electron chi connectivity index (χ1n) is 15.2. The normalized spacial score (nSPS) is 13.5. The summed E-state index contributed by atoms with van der Waals surface area (Å²) in [5.41, 5.74) is 7.32. The van der Waals surface area contributed by atoms with Gasteiger partial charge in [-0.3, -0.25) is 14.0 Å². The van der Waals surface area contributed by atoms with Crippen molar-refractivity contribution in [1.82, 2.24) is 14.4 Å². The summed E-state index contributed by atoms with van der Waals surface area (Å²) in [5.74, 6) is 1.31. The van der Waals surface area contributed by atoms with Crippen molar-refractivity contribution < 1.29 is 23.8 Å². The number of hydrogen-bond donors (Lipinski definition) is 1. The fourth-order valence-corrected chi connectivity index (χ4v) is 7.08. The van der Waals surface area contributed by atoms with Crippen molar-refractivity contribution in [1.29, 1.82) is 0 Å². The zero-order valence-electron chi connectivity index (χ0n) is 26.4. The summed E-state index contributed by atoms with van der Waals surface area (Å²) < 4.78 is 18.5. The minimum atomic E-state index is -0.223. The van der Waals surface area contributed by atoms with E-state index in [9.17, 15) is 9.59 Å². The minimum Gasteiger partial charge on any atom is -0.493 e. The largest absolute Gasteiger partial charge is 0.493 e. The molecule has 0 spiro atoms. The van der Waals surface area contributed by atoms with E-state index >= 15 is 0 Å². The van der Waals surface area contributed by atoms with Crippen molar-refractivity contribution in [3.8, 4) is 17.2 Å². The van der Waals surface area contributed by atoms with Crippen LogP contribution in [0.25, 0.3) is 27.5 Å². The Morgan fingerprint density at radius 1 is 0.936 bits per heavy atom. The van der Waals surface area contributed by atoms with Crippen LogP contribution in [-0.4, -0.2) is 47.4 Å². The van der Waals surface area contributed by atoms with Crippen LogP contribution in [0, 0.1) is 6.92 Å². The monoisotopic (exact) mass is 644 g/mol. The number of carbonyl (C=O) groups is 2. The van der Waals surface area contributed by atoms with Gasteiger partial charge in [0.1, 0.15) is 5.69 Å². The molecule has 0 aliphatic heterocycles. The molecule has 0 radical (unpaired) electrons. The van der Waals surface area contributed by atoms with E-state index in [4.69, 9.17) is 19.2 Å². The highest BCUT2D eigenvalue weighted by Gasteiger charge is 2.26. The molecule has 0 saturated carbocycles. The Balaban J connectivity index is 1.23. The molecule has 0 atom stereocenters. The molecule has 7 rings (SSSR count). The van der Waals surface area contributed by atoms with Crippen LogP contribution in [0.3, 0.4) is 0 Å². The Hall–Kier alpha value is -5.48. The van der Waals surface area contributed by atoms with Gasteiger partial charge < -0.3 is 19.5 Å². The van der Waals surface area contributed by atoms with Crippen molar-refractivity contribution in [3.05, 3.63) is 112 Å². The fraction of sp³-hybridized carbons (Fsp3) is 0.189. The Morgan fingerprint density at radius 2 is 1.68 bits per heavy atom. The predicted octanol–water partition coefficient (Wildman–Crippen LogP) is 7.64. The number of allylic oxidation sites excluding steroid dienone is 1. The van der Waals surface area contributed by atoms with E-state index in [1.807, 2.05) is 59.3 Å². The van der Waals surface area contributed by atoms with Gasteiger partial charge in [0.2, 0.25) is 11.5 Å². The number of pyridine rings is 1. The van der Waals surface area contributed by atoms with Crippen molar-refractivity contribution in [2.24, 2.45) is 0 Å². The van der Waals surface area contributed by atoms with Crippen molar-refractivity contribution in [3.63, 3.8) is 0 Å². The molecule has 3 heterocycles. The number of carbonyl (C=O) groups excluding carboxylic acids is 2. The molecule has 3 aromatic carbocycles. The van der Waals surface area contributed by atoms with E-state index < -0.39 is 0 Å². The minimum absolute atomic E-state index is 0.119. The maximum atomic E-state index is 14.1. The van der Waals surface area contributed by atoms with Crippen LogP contribution in [0.15, 0.2) is 72.2 Å². The van der Waals surface area contributed by atoms with Gasteiger partial charge in [0, 0.05) is 28.2 Å². The molecule has 0 fully saturated rings. The van der Waals surface area contributed by atoms with E-state index in [0.717, 1.165) is 57.5 Å². The molecule has 10 heteroatoms. The lowest BCUT2D eigenvalue weighted by Gasteiger charge is -2.23. The SMILES string of the molecule is COc1cc(/C=C2/CCCc3c2nc2ccccc2c3C(=O)Nc2ccc(C(=O)c3c(C)nc4sccn34)cc2)cc(OC)c1OC. The van der Waals surface area contributed by atoms with Crippen LogP contribution in [0.1, 0.15) is 61.8 Å². The van der Waals surface area contributed by atoms with Gasteiger partial charge in [-0.05, 0) is 91.4 Å².